The molecule has 0 saturated heterocycles. The lowest BCUT2D eigenvalue weighted by atomic mass is 9.96. The molecule has 1 heterocycles. The first kappa shape index (κ1) is 17.1. The number of hydrogen-bond donors (Lipinski definition) is 2. The molecule has 0 aliphatic heterocycles. The van der Waals surface area contributed by atoms with Gasteiger partial charge < -0.3 is 10.4 Å². The molecule has 0 bridgehead atoms. The fourth-order valence-electron chi connectivity index (χ4n) is 2.34. The summed E-state index contributed by atoms with van der Waals surface area (Å²) in [5.41, 5.74) is 0.277. The largest absolute Gasteiger partial charge is 0.480 e. The first-order valence-corrected chi connectivity index (χ1v) is 8.28. The molecule has 2 aromatic rings. The molecular weight excluding hydrogens is 312 g/mol. The molecule has 1 aromatic carbocycles. The third kappa shape index (κ3) is 3.76. The Labute approximate surface area is 139 Å². The third-order valence-electron chi connectivity index (χ3n) is 3.64. The molecule has 0 aliphatic rings. The van der Waals surface area contributed by atoms with Crippen LogP contribution in [0.4, 0.5) is 0 Å². The second-order valence-electron chi connectivity index (χ2n) is 5.64. The number of aryl methyl sites for hydroxylation is 1. The lowest BCUT2D eigenvalue weighted by Gasteiger charge is -2.25. The molecule has 122 valence electrons. The van der Waals surface area contributed by atoms with E-state index in [0.29, 0.717) is 23.4 Å². The molecule has 23 heavy (non-hydrogen) atoms. The topological polar surface area (TPSA) is 79.3 Å². The minimum Gasteiger partial charge on any atom is -0.480 e. The molecule has 1 unspecified atom stereocenters. The van der Waals surface area contributed by atoms with E-state index in [-0.39, 0.29) is 5.91 Å². The Balaban J connectivity index is 2.27. The average molecular weight is 332 g/mol. The lowest BCUT2D eigenvalue weighted by Crippen LogP contribution is -2.52. The van der Waals surface area contributed by atoms with Crippen LogP contribution >= 0.6 is 11.3 Å². The highest BCUT2D eigenvalue weighted by Crippen LogP contribution is 2.28. The SMILES string of the molecule is CCCC(C)(NC(=O)c1sc(-c2ccccc2)nc1C)C(=O)O. The maximum Gasteiger partial charge on any atom is 0.329 e. The number of rotatable bonds is 6. The van der Waals surface area contributed by atoms with E-state index < -0.39 is 11.5 Å². The van der Waals surface area contributed by atoms with Crippen LogP contribution in [-0.2, 0) is 4.79 Å². The third-order valence-corrected chi connectivity index (χ3v) is 4.84. The molecule has 2 rings (SSSR count). The number of carboxylic acid groups (broad SMARTS) is 1. The van der Waals surface area contributed by atoms with Crippen molar-refractivity contribution in [2.45, 2.75) is 39.2 Å². The monoisotopic (exact) mass is 332 g/mol. The van der Waals surface area contributed by atoms with Crippen molar-refractivity contribution in [3.8, 4) is 10.6 Å². The van der Waals surface area contributed by atoms with Crippen molar-refractivity contribution in [2.75, 3.05) is 0 Å². The Morgan fingerprint density at radius 1 is 1.30 bits per heavy atom. The van der Waals surface area contributed by atoms with Gasteiger partial charge in [0.15, 0.2) is 0 Å². The zero-order chi connectivity index (χ0) is 17.0. The van der Waals surface area contributed by atoms with Gasteiger partial charge in [-0.15, -0.1) is 11.3 Å². The summed E-state index contributed by atoms with van der Waals surface area (Å²) in [4.78, 5) is 28.8. The highest BCUT2D eigenvalue weighted by atomic mass is 32.1. The zero-order valence-electron chi connectivity index (χ0n) is 13.4. The van der Waals surface area contributed by atoms with E-state index in [1.807, 2.05) is 37.3 Å². The second-order valence-corrected chi connectivity index (χ2v) is 6.64. The zero-order valence-corrected chi connectivity index (χ0v) is 14.2. The normalized spacial score (nSPS) is 13.3. The van der Waals surface area contributed by atoms with Gasteiger partial charge in [-0.3, -0.25) is 4.79 Å². The van der Waals surface area contributed by atoms with Gasteiger partial charge in [0.05, 0.1) is 5.69 Å². The molecule has 0 spiro atoms. The minimum absolute atomic E-state index is 0.372. The van der Waals surface area contributed by atoms with E-state index in [1.54, 1.807) is 6.92 Å². The van der Waals surface area contributed by atoms with Crippen molar-refractivity contribution in [3.05, 3.63) is 40.9 Å². The van der Waals surface area contributed by atoms with Crippen LogP contribution in [0.1, 0.15) is 42.1 Å². The predicted molar refractivity (Wildman–Crippen MR) is 90.7 cm³/mol. The van der Waals surface area contributed by atoms with Crippen LogP contribution in [0.25, 0.3) is 10.6 Å². The highest BCUT2D eigenvalue weighted by molar-refractivity contribution is 7.17. The van der Waals surface area contributed by atoms with E-state index in [9.17, 15) is 14.7 Å². The van der Waals surface area contributed by atoms with Crippen LogP contribution in [0, 0.1) is 6.92 Å². The van der Waals surface area contributed by atoms with Crippen molar-refractivity contribution in [2.24, 2.45) is 0 Å². The van der Waals surface area contributed by atoms with Gasteiger partial charge in [-0.2, -0.15) is 0 Å². The quantitative estimate of drug-likeness (QED) is 0.848. The minimum atomic E-state index is -1.27. The number of nitrogens with zero attached hydrogens (tertiary/aromatic N) is 1. The van der Waals surface area contributed by atoms with Crippen LogP contribution < -0.4 is 5.32 Å². The maximum atomic E-state index is 12.5. The summed E-state index contributed by atoms with van der Waals surface area (Å²) >= 11 is 1.28. The van der Waals surface area contributed by atoms with Crippen LogP contribution in [0.3, 0.4) is 0 Å². The highest BCUT2D eigenvalue weighted by Gasteiger charge is 2.35. The van der Waals surface area contributed by atoms with E-state index in [0.717, 1.165) is 10.6 Å². The van der Waals surface area contributed by atoms with Crippen molar-refractivity contribution in [1.82, 2.24) is 10.3 Å². The summed E-state index contributed by atoms with van der Waals surface area (Å²) in [6, 6.07) is 9.60. The lowest BCUT2D eigenvalue weighted by molar-refractivity contribution is -0.144. The van der Waals surface area contributed by atoms with Gasteiger partial charge in [0.25, 0.3) is 5.91 Å². The Morgan fingerprint density at radius 3 is 2.52 bits per heavy atom. The number of carboxylic acids is 1. The Hall–Kier alpha value is -2.21. The predicted octanol–water partition coefficient (Wildman–Crippen LogP) is 3.49. The number of thiazole rings is 1. The van der Waals surface area contributed by atoms with E-state index in [2.05, 4.69) is 10.3 Å². The van der Waals surface area contributed by atoms with Gasteiger partial charge in [0, 0.05) is 5.56 Å². The standard InChI is InChI=1S/C17H20N2O3S/c1-4-10-17(3,16(21)22)19-14(20)13-11(2)18-15(23-13)12-8-6-5-7-9-12/h5-9H,4,10H2,1-3H3,(H,19,20)(H,21,22). The van der Waals surface area contributed by atoms with E-state index >= 15 is 0 Å². The summed E-state index contributed by atoms with van der Waals surface area (Å²) in [5.74, 6) is -1.42. The number of carbonyl (C=O) groups is 2. The molecule has 1 amide bonds. The van der Waals surface area contributed by atoms with Gasteiger partial charge in [-0.25, -0.2) is 9.78 Å². The fourth-order valence-corrected chi connectivity index (χ4v) is 3.31. The van der Waals surface area contributed by atoms with Gasteiger partial charge in [-0.05, 0) is 20.3 Å². The van der Waals surface area contributed by atoms with Crippen molar-refractivity contribution >= 4 is 23.2 Å². The number of amides is 1. The Morgan fingerprint density at radius 2 is 1.96 bits per heavy atom. The van der Waals surface area contributed by atoms with Crippen molar-refractivity contribution in [3.63, 3.8) is 0 Å². The fraction of sp³-hybridized carbons (Fsp3) is 0.353. The maximum absolute atomic E-state index is 12.5. The van der Waals surface area contributed by atoms with Crippen molar-refractivity contribution in [1.29, 1.82) is 0 Å². The Kier molecular flexibility index (Phi) is 5.15. The van der Waals surface area contributed by atoms with E-state index in [1.165, 1.54) is 18.3 Å². The van der Waals surface area contributed by atoms with Crippen LogP contribution in [0.2, 0.25) is 0 Å². The summed E-state index contributed by atoms with van der Waals surface area (Å²) in [6.45, 7) is 5.18. The second kappa shape index (κ2) is 6.91. The average Bonchev–Trinajstić information content (AvgIpc) is 2.90. The molecule has 6 heteroatoms. The van der Waals surface area contributed by atoms with Gasteiger partial charge in [-0.1, -0.05) is 43.7 Å². The molecule has 0 fully saturated rings. The van der Waals surface area contributed by atoms with Crippen LogP contribution in [-0.4, -0.2) is 27.5 Å². The first-order chi connectivity index (χ1) is 10.9. The summed E-state index contributed by atoms with van der Waals surface area (Å²) in [5, 5.41) is 12.8. The van der Waals surface area contributed by atoms with Gasteiger partial charge in [0.2, 0.25) is 0 Å². The number of benzene rings is 1. The molecule has 0 radical (unpaired) electrons. The first-order valence-electron chi connectivity index (χ1n) is 7.46. The molecule has 1 atom stereocenters. The smallest absolute Gasteiger partial charge is 0.329 e. The summed E-state index contributed by atoms with van der Waals surface area (Å²) < 4.78 is 0. The molecule has 0 saturated carbocycles. The molecule has 2 N–H and O–H groups in total. The van der Waals surface area contributed by atoms with Gasteiger partial charge in [0.1, 0.15) is 15.4 Å². The summed E-state index contributed by atoms with van der Waals surface area (Å²) in [7, 11) is 0. The van der Waals surface area contributed by atoms with Crippen LogP contribution in [0.5, 0.6) is 0 Å². The van der Waals surface area contributed by atoms with E-state index in [4.69, 9.17) is 0 Å². The van der Waals surface area contributed by atoms with Crippen molar-refractivity contribution < 1.29 is 14.7 Å². The Bertz CT molecular complexity index is 712. The molecule has 1 aromatic heterocycles. The summed E-state index contributed by atoms with van der Waals surface area (Å²) in [6.07, 6.45) is 1.04. The number of hydrogen-bond acceptors (Lipinski definition) is 4. The molecular formula is C17H20N2O3S. The van der Waals surface area contributed by atoms with Gasteiger partial charge >= 0.3 is 5.97 Å². The molecule has 5 nitrogen and oxygen atoms in total. The number of aromatic nitrogens is 1. The molecule has 0 aliphatic carbocycles. The number of nitrogens with one attached hydrogen (secondary N) is 1. The van der Waals surface area contributed by atoms with Crippen LogP contribution in [0.15, 0.2) is 30.3 Å². The number of carbonyl (C=O) groups excluding carboxylic acids is 1. The number of aliphatic carboxylic acids is 1.